The first-order valence-corrected chi connectivity index (χ1v) is 12.9. The van der Waals surface area contributed by atoms with Crippen molar-refractivity contribution >= 4 is 35.0 Å². The second kappa shape index (κ2) is 11.7. The molecule has 3 aromatic rings. The van der Waals surface area contributed by atoms with Crippen LogP contribution in [0.4, 0.5) is 11.4 Å². The number of amides is 1. The number of carbonyl (C=O) groups is 2. The highest BCUT2D eigenvalue weighted by molar-refractivity contribution is 7.99. The zero-order chi connectivity index (χ0) is 27.4. The largest absolute Gasteiger partial charge is 0.497 e. The molecule has 4 rings (SSSR count). The maximum Gasteiger partial charge on any atom is 0.338 e. The van der Waals surface area contributed by atoms with Gasteiger partial charge in [-0.15, -0.1) is 11.8 Å². The normalized spacial score (nSPS) is 17.1. The van der Waals surface area contributed by atoms with Gasteiger partial charge >= 0.3 is 5.97 Å². The average molecular weight is 536 g/mol. The van der Waals surface area contributed by atoms with Crippen molar-refractivity contribution in [1.29, 1.82) is 0 Å². The van der Waals surface area contributed by atoms with Gasteiger partial charge in [-0.05, 0) is 63.0 Å². The molecule has 0 N–H and O–H groups in total. The fourth-order valence-electron chi connectivity index (χ4n) is 4.23. The van der Waals surface area contributed by atoms with E-state index in [9.17, 15) is 19.7 Å². The van der Waals surface area contributed by atoms with Gasteiger partial charge in [0, 0.05) is 29.6 Å². The van der Waals surface area contributed by atoms with Crippen LogP contribution in [-0.2, 0) is 9.53 Å². The van der Waals surface area contributed by atoms with Crippen LogP contribution < -0.4 is 9.64 Å². The fourth-order valence-corrected chi connectivity index (χ4v) is 5.55. The number of nitro benzene ring substituents is 1. The van der Waals surface area contributed by atoms with E-state index in [1.54, 1.807) is 31.1 Å². The second-order valence-corrected chi connectivity index (χ2v) is 10.3. The number of nitro groups is 1. The highest BCUT2D eigenvalue weighted by Crippen LogP contribution is 2.47. The number of hydrogen-bond donors (Lipinski definition) is 0. The van der Waals surface area contributed by atoms with Gasteiger partial charge in [-0.3, -0.25) is 14.9 Å². The topological polar surface area (TPSA) is 102 Å². The molecule has 1 heterocycles. The van der Waals surface area contributed by atoms with E-state index in [0.29, 0.717) is 24.4 Å². The third-order valence-electron chi connectivity index (χ3n) is 6.27. The first kappa shape index (κ1) is 27.2. The molecule has 3 aromatic carbocycles. The second-order valence-electron chi connectivity index (χ2n) is 9.16. The van der Waals surface area contributed by atoms with Crippen LogP contribution in [0.1, 0.15) is 26.7 Å². The van der Waals surface area contributed by atoms with Crippen molar-refractivity contribution in [3.8, 4) is 5.75 Å². The Morgan fingerprint density at radius 1 is 1.11 bits per heavy atom. The summed E-state index contributed by atoms with van der Waals surface area (Å²) in [6.07, 6.45) is -1.15. The van der Waals surface area contributed by atoms with E-state index in [1.165, 1.54) is 30.0 Å². The van der Waals surface area contributed by atoms with Gasteiger partial charge in [0.05, 0.1) is 28.5 Å². The fraction of sp³-hybridized carbons (Fsp3) is 0.286. The summed E-state index contributed by atoms with van der Waals surface area (Å²) < 4.78 is 11.2. The summed E-state index contributed by atoms with van der Waals surface area (Å²) in [4.78, 5) is 42.7. The Hall–Kier alpha value is -3.89. The first-order valence-electron chi connectivity index (χ1n) is 12.0. The molecule has 2 atom stereocenters. The molecule has 10 heteroatoms. The monoisotopic (exact) mass is 535 g/mol. The van der Waals surface area contributed by atoms with Crippen LogP contribution in [0, 0.1) is 17.0 Å². The predicted molar refractivity (Wildman–Crippen MR) is 146 cm³/mol. The molecule has 198 valence electrons. The lowest BCUT2D eigenvalue weighted by Crippen LogP contribution is -2.45. The number of hydrogen-bond acceptors (Lipinski definition) is 8. The van der Waals surface area contributed by atoms with Crippen molar-refractivity contribution in [3.63, 3.8) is 0 Å². The van der Waals surface area contributed by atoms with Crippen molar-refractivity contribution in [2.45, 2.75) is 23.2 Å². The molecule has 0 spiro atoms. The third kappa shape index (κ3) is 5.81. The standard InChI is InChI=1S/C28H29N3O6S/c1-18-17-20(11-14-22(18)31(34)35)28(33)37-25-26(19-9-12-21(36-4)13-10-19)38-24-8-6-5-7-23(24)30(27(25)32)16-15-29(2)3/h5-14,17,25-26H,15-16H2,1-4H3/t25-,26+/m1/s1. The molecule has 0 fully saturated rings. The molecular formula is C28H29N3O6S. The first-order chi connectivity index (χ1) is 18.2. The van der Waals surface area contributed by atoms with Gasteiger partial charge in [0.1, 0.15) is 5.75 Å². The van der Waals surface area contributed by atoms with Crippen LogP contribution in [0.5, 0.6) is 5.75 Å². The molecule has 0 aliphatic carbocycles. The highest BCUT2D eigenvalue weighted by Gasteiger charge is 2.41. The lowest BCUT2D eigenvalue weighted by molar-refractivity contribution is -0.385. The molecule has 0 saturated carbocycles. The minimum atomic E-state index is -1.15. The predicted octanol–water partition coefficient (Wildman–Crippen LogP) is 4.88. The van der Waals surface area contributed by atoms with E-state index in [0.717, 1.165) is 16.1 Å². The molecule has 1 aliphatic rings. The molecule has 0 saturated heterocycles. The number of para-hydroxylation sites is 1. The number of aryl methyl sites for hydroxylation is 1. The van der Waals surface area contributed by atoms with Gasteiger partial charge in [0.25, 0.3) is 11.6 Å². The zero-order valence-electron chi connectivity index (χ0n) is 21.6. The maximum atomic E-state index is 14.1. The van der Waals surface area contributed by atoms with Crippen molar-refractivity contribution < 1.29 is 24.0 Å². The molecule has 38 heavy (non-hydrogen) atoms. The number of ether oxygens (including phenoxy) is 2. The summed E-state index contributed by atoms with van der Waals surface area (Å²) in [7, 11) is 5.43. The Balaban J connectivity index is 1.76. The van der Waals surface area contributed by atoms with Gasteiger partial charge in [0.2, 0.25) is 0 Å². The van der Waals surface area contributed by atoms with Gasteiger partial charge in [0.15, 0.2) is 6.10 Å². The van der Waals surface area contributed by atoms with E-state index in [-0.39, 0.29) is 17.2 Å². The van der Waals surface area contributed by atoms with Crippen molar-refractivity contribution in [2.75, 3.05) is 39.2 Å². The van der Waals surface area contributed by atoms with E-state index in [4.69, 9.17) is 9.47 Å². The summed E-state index contributed by atoms with van der Waals surface area (Å²) in [6.45, 7) is 2.57. The van der Waals surface area contributed by atoms with Crippen LogP contribution in [0.2, 0.25) is 0 Å². The zero-order valence-corrected chi connectivity index (χ0v) is 22.4. The van der Waals surface area contributed by atoms with Gasteiger partial charge in [-0.2, -0.15) is 0 Å². The Labute approximate surface area is 225 Å². The Bertz CT molecular complexity index is 1340. The molecule has 0 aromatic heterocycles. The van der Waals surface area contributed by atoms with Crippen LogP contribution in [-0.4, -0.2) is 62.1 Å². The molecule has 0 bridgehead atoms. The van der Waals surface area contributed by atoms with E-state index < -0.39 is 22.2 Å². The van der Waals surface area contributed by atoms with E-state index >= 15 is 0 Å². The number of nitrogens with zero attached hydrogens (tertiary/aromatic N) is 3. The number of rotatable bonds is 8. The summed E-state index contributed by atoms with van der Waals surface area (Å²) in [6, 6.07) is 19.0. The van der Waals surface area contributed by atoms with Gasteiger partial charge in [-0.1, -0.05) is 24.3 Å². The quantitative estimate of drug-likeness (QED) is 0.229. The Kier molecular flexibility index (Phi) is 8.33. The number of carbonyl (C=O) groups excluding carboxylic acids is 2. The lowest BCUT2D eigenvalue weighted by Gasteiger charge is -2.28. The number of esters is 1. The number of thioether (sulfide) groups is 1. The number of anilines is 1. The minimum Gasteiger partial charge on any atom is -0.497 e. The highest BCUT2D eigenvalue weighted by atomic mass is 32.2. The molecule has 1 aliphatic heterocycles. The number of likely N-dealkylation sites (N-methyl/N-ethyl adjacent to an activating group) is 1. The SMILES string of the molecule is COc1ccc([C@@H]2Sc3ccccc3N(CCN(C)C)C(=O)[C@@H]2OC(=O)c2ccc([N+](=O)[O-])c(C)c2)cc1. The third-order valence-corrected chi connectivity index (χ3v) is 7.65. The number of methoxy groups -OCH3 is 1. The van der Waals surface area contributed by atoms with Gasteiger partial charge in [-0.25, -0.2) is 4.79 Å². The molecular weight excluding hydrogens is 506 g/mol. The Morgan fingerprint density at radius 3 is 2.45 bits per heavy atom. The van der Waals surface area contributed by atoms with E-state index in [1.807, 2.05) is 55.4 Å². The van der Waals surface area contributed by atoms with Crippen molar-refractivity contribution in [1.82, 2.24) is 4.90 Å². The number of benzene rings is 3. The van der Waals surface area contributed by atoms with Crippen LogP contribution >= 0.6 is 11.8 Å². The summed E-state index contributed by atoms with van der Waals surface area (Å²) in [5, 5.41) is 10.7. The molecule has 1 amide bonds. The number of fused-ring (bicyclic) bond motifs is 1. The van der Waals surface area contributed by atoms with Crippen LogP contribution in [0.3, 0.4) is 0 Å². The lowest BCUT2D eigenvalue weighted by atomic mass is 10.0. The van der Waals surface area contributed by atoms with Crippen LogP contribution in [0.25, 0.3) is 0 Å². The molecule has 0 unspecified atom stereocenters. The van der Waals surface area contributed by atoms with E-state index in [2.05, 4.69) is 0 Å². The Morgan fingerprint density at radius 2 is 1.82 bits per heavy atom. The summed E-state index contributed by atoms with van der Waals surface area (Å²) in [5.74, 6) is -0.391. The summed E-state index contributed by atoms with van der Waals surface area (Å²) in [5.41, 5.74) is 1.93. The summed E-state index contributed by atoms with van der Waals surface area (Å²) >= 11 is 1.46. The minimum absolute atomic E-state index is 0.0935. The smallest absolute Gasteiger partial charge is 0.338 e. The van der Waals surface area contributed by atoms with Crippen LogP contribution in [0.15, 0.2) is 71.6 Å². The molecule has 0 radical (unpaired) electrons. The molecule has 9 nitrogen and oxygen atoms in total. The maximum absolute atomic E-state index is 14.1. The van der Waals surface area contributed by atoms with Crippen molar-refractivity contribution in [3.05, 3.63) is 93.5 Å². The van der Waals surface area contributed by atoms with Crippen molar-refractivity contribution in [2.24, 2.45) is 0 Å². The average Bonchev–Trinajstić information content (AvgIpc) is 3.01. The van der Waals surface area contributed by atoms with Gasteiger partial charge < -0.3 is 19.3 Å².